The molecule has 0 amide bonds. The number of hydrogen-bond donors (Lipinski definition) is 0. The van der Waals surface area contributed by atoms with Crippen molar-refractivity contribution < 1.29 is 18.3 Å². The van der Waals surface area contributed by atoms with Gasteiger partial charge >= 0.3 is 5.97 Å². The van der Waals surface area contributed by atoms with Crippen molar-refractivity contribution in [1.29, 1.82) is 0 Å². The van der Waals surface area contributed by atoms with Crippen LogP contribution in [0, 0.1) is 6.92 Å². The third-order valence-electron chi connectivity index (χ3n) is 2.28. The second-order valence-corrected chi connectivity index (χ2v) is 3.78. The maximum absolute atomic E-state index is 12.6. The highest BCUT2D eigenvalue weighted by molar-refractivity contribution is 6.31. The van der Waals surface area contributed by atoms with Crippen LogP contribution < -0.4 is 0 Å². The van der Waals surface area contributed by atoms with E-state index in [1.165, 1.54) is 6.92 Å². The standard InChI is InChI=1S/C11H12ClF2NO2/c1-3-17-9(16)4-7-6(2)10(11(13)14)15-5-8(7)12/h5,11H,3-4H2,1-2H3. The Labute approximate surface area is 103 Å². The number of carbonyl (C=O) groups excluding carboxylic acids is 1. The summed E-state index contributed by atoms with van der Waals surface area (Å²) >= 11 is 5.84. The first kappa shape index (κ1) is 13.8. The molecule has 0 saturated carbocycles. The lowest BCUT2D eigenvalue weighted by molar-refractivity contribution is -0.142. The monoisotopic (exact) mass is 263 g/mol. The zero-order valence-corrected chi connectivity index (χ0v) is 10.2. The highest BCUT2D eigenvalue weighted by Crippen LogP contribution is 2.27. The van der Waals surface area contributed by atoms with Crippen molar-refractivity contribution in [1.82, 2.24) is 4.98 Å². The summed E-state index contributed by atoms with van der Waals surface area (Å²) in [6.45, 7) is 3.38. The van der Waals surface area contributed by atoms with E-state index in [1.807, 2.05) is 0 Å². The Morgan fingerprint density at radius 2 is 2.24 bits per heavy atom. The van der Waals surface area contributed by atoms with Crippen LogP contribution in [-0.4, -0.2) is 17.6 Å². The molecule has 0 bridgehead atoms. The molecule has 1 heterocycles. The van der Waals surface area contributed by atoms with Crippen molar-refractivity contribution in [2.24, 2.45) is 0 Å². The number of alkyl halides is 2. The largest absolute Gasteiger partial charge is 0.466 e. The zero-order valence-electron chi connectivity index (χ0n) is 9.47. The van der Waals surface area contributed by atoms with E-state index in [0.717, 1.165) is 6.20 Å². The second-order valence-electron chi connectivity index (χ2n) is 3.38. The quantitative estimate of drug-likeness (QED) is 0.784. The van der Waals surface area contributed by atoms with Crippen LogP contribution in [0.2, 0.25) is 5.02 Å². The van der Waals surface area contributed by atoms with E-state index < -0.39 is 12.4 Å². The molecule has 0 aliphatic rings. The highest BCUT2D eigenvalue weighted by Gasteiger charge is 2.19. The van der Waals surface area contributed by atoms with Gasteiger partial charge in [-0.1, -0.05) is 11.6 Å². The van der Waals surface area contributed by atoms with Crippen LogP contribution in [-0.2, 0) is 16.0 Å². The summed E-state index contributed by atoms with van der Waals surface area (Å²) in [7, 11) is 0. The Bertz CT molecular complexity index is 424. The van der Waals surface area contributed by atoms with Gasteiger partial charge in [-0.05, 0) is 25.0 Å². The molecule has 6 heteroatoms. The number of hydrogen-bond acceptors (Lipinski definition) is 3. The van der Waals surface area contributed by atoms with Crippen LogP contribution in [0.25, 0.3) is 0 Å². The molecule has 0 saturated heterocycles. The maximum atomic E-state index is 12.6. The molecule has 0 unspecified atom stereocenters. The van der Waals surface area contributed by atoms with Gasteiger partial charge in [-0.3, -0.25) is 9.78 Å². The molecule has 0 N–H and O–H groups in total. The number of ether oxygens (including phenoxy) is 1. The van der Waals surface area contributed by atoms with Crippen molar-refractivity contribution >= 4 is 17.6 Å². The third-order valence-corrected chi connectivity index (χ3v) is 2.60. The lowest BCUT2D eigenvalue weighted by atomic mass is 10.1. The number of nitrogens with zero attached hydrogens (tertiary/aromatic N) is 1. The van der Waals surface area contributed by atoms with Crippen LogP contribution in [0.15, 0.2) is 6.20 Å². The van der Waals surface area contributed by atoms with E-state index in [-0.39, 0.29) is 29.3 Å². The number of aromatic nitrogens is 1. The SMILES string of the molecule is CCOC(=O)Cc1c(Cl)cnc(C(F)F)c1C. The summed E-state index contributed by atoms with van der Waals surface area (Å²) in [5.41, 5.74) is 0.227. The predicted octanol–water partition coefficient (Wildman–Crippen LogP) is 3.09. The van der Waals surface area contributed by atoms with Gasteiger partial charge < -0.3 is 4.74 Å². The van der Waals surface area contributed by atoms with Gasteiger partial charge in [0.1, 0.15) is 5.69 Å². The fourth-order valence-electron chi connectivity index (χ4n) is 1.43. The molecule has 1 aromatic heterocycles. The van der Waals surface area contributed by atoms with Crippen molar-refractivity contribution in [2.45, 2.75) is 26.7 Å². The summed E-state index contributed by atoms with van der Waals surface area (Å²) < 4.78 is 30.0. The molecule has 1 aromatic rings. The van der Waals surface area contributed by atoms with Gasteiger partial charge in [-0.2, -0.15) is 0 Å². The van der Waals surface area contributed by atoms with Crippen molar-refractivity contribution in [2.75, 3.05) is 6.61 Å². The minimum atomic E-state index is -2.69. The van der Waals surface area contributed by atoms with Gasteiger partial charge in [-0.25, -0.2) is 8.78 Å². The third kappa shape index (κ3) is 3.36. The van der Waals surface area contributed by atoms with E-state index in [1.54, 1.807) is 6.92 Å². The molecule has 0 radical (unpaired) electrons. The average molecular weight is 264 g/mol. The predicted molar refractivity (Wildman–Crippen MR) is 59.3 cm³/mol. The first-order valence-corrected chi connectivity index (χ1v) is 5.42. The van der Waals surface area contributed by atoms with E-state index in [0.29, 0.717) is 5.56 Å². The molecule has 17 heavy (non-hydrogen) atoms. The van der Waals surface area contributed by atoms with Crippen molar-refractivity contribution in [3.8, 4) is 0 Å². The summed E-state index contributed by atoms with van der Waals surface area (Å²) in [6, 6.07) is 0. The number of rotatable bonds is 4. The summed E-state index contributed by atoms with van der Waals surface area (Å²) in [4.78, 5) is 14.9. The van der Waals surface area contributed by atoms with Gasteiger partial charge in [0.05, 0.1) is 18.1 Å². The number of esters is 1. The molecule has 0 aromatic carbocycles. The maximum Gasteiger partial charge on any atom is 0.310 e. The van der Waals surface area contributed by atoms with Crippen molar-refractivity contribution in [3.63, 3.8) is 0 Å². The first-order valence-electron chi connectivity index (χ1n) is 5.05. The molecular formula is C11H12ClF2NO2. The van der Waals surface area contributed by atoms with Crippen LogP contribution >= 0.6 is 11.6 Å². The fourth-order valence-corrected chi connectivity index (χ4v) is 1.69. The van der Waals surface area contributed by atoms with Crippen LogP contribution in [0.3, 0.4) is 0 Å². The zero-order chi connectivity index (χ0) is 13.0. The van der Waals surface area contributed by atoms with E-state index in [9.17, 15) is 13.6 Å². The topological polar surface area (TPSA) is 39.2 Å². The molecule has 0 fully saturated rings. The fraction of sp³-hybridized carbons (Fsp3) is 0.455. The Morgan fingerprint density at radius 3 is 2.76 bits per heavy atom. The normalized spacial score (nSPS) is 10.7. The van der Waals surface area contributed by atoms with Gasteiger partial charge in [0.25, 0.3) is 6.43 Å². The second kappa shape index (κ2) is 5.91. The number of carbonyl (C=O) groups is 1. The van der Waals surface area contributed by atoms with Crippen LogP contribution in [0.1, 0.15) is 30.2 Å². The lowest BCUT2D eigenvalue weighted by Gasteiger charge is -2.11. The molecule has 94 valence electrons. The Balaban J connectivity index is 3.05. The summed E-state index contributed by atoms with van der Waals surface area (Å²) in [6.07, 6.45) is -1.68. The van der Waals surface area contributed by atoms with Gasteiger partial charge in [0.15, 0.2) is 0 Å². The van der Waals surface area contributed by atoms with E-state index >= 15 is 0 Å². The Morgan fingerprint density at radius 1 is 1.59 bits per heavy atom. The number of pyridine rings is 1. The molecule has 0 atom stereocenters. The highest BCUT2D eigenvalue weighted by atomic mass is 35.5. The average Bonchev–Trinajstić information content (AvgIpc) is 2.24. The van der Waals surface area contributed by atoms with E-state index in [2.05, 4.69) is 4.98 Å². The molecule has 0 aliphatic carbocycles. The summed E-state index contributed by atoms with van der Waals surface area (Å²) in [5, 5.41) is 0.194. The van der Waals surface area contributed by atoms with Gasteiger partial charge in [-0.15, -0.1) is 0 Å². The first-order chi connectivity index (χ1) is 7.97. The molecule has 0 aliphatic heterocycles. The van der Waals surface area contributed by atoms with Crippen LogP contribution in [0.5, 0.6) is 0 Å². The van der Waals surface area contributed by atoms with E-state index in [4.69, 9.17) is 16.3 Å². The lowest BCUT2D eigenvalue weighted by Crippen LogP contribution is -2.11. The van der Waals surface area contributed by atoms with Crippen LogP contribution in [0.4, 0.5) is 8.78 Å². The smallest absolute Gasteiger partial charge is 0.310 e. The molecule has 0 spiro atoms. The minimum absolute atomic E-state index is 0.124. The Kier molecular flexibility index (Phi) is 4.81. The number of halogens is 3. The van der Waals surface area contributed by atoms with Gasteiger partial charge in [0.2, 0.25) is 0 Å². The minimum Gasteiger partial charge on any atom is -0.466 e. The molecule has 1 rings (SSSR count). The molecule has 3 nitrogen and oxygen atoms in total. The van der Waals surface area contributed by atoms with Gasteiger partial charge in [0, 0.05) is 6.20 Å². The summed E-state index contributed by atoms with van der Waals surface area (Å²) in [5.74, 6) is -0.496. The Hall–Kier alpha value is -1.23. The molecular weight excluding hydrogens is 252 g/mol. The van der Waals surface area contributed by atoms with Crippen molar-refractivity contribution in [3.05, 3.63) is 28.0 Å².